The zero-order valence-corrected chi connectivity index (χ0v) is 9.80. The van der Waals surface area contributed by atoms with Crippen LogP contribution in [0.2, 0.25) is 0 Å². The minimum absolute atomic E-state index is 0.133. The summed E-state index contributed by atoms with van der Waals surface area (Å²) in [6, 6.07) is 0. The molecule has 1 amide bonds. The van der Waals surface area contributed by atoms with Gasteiger partial charge in [-0.05, 0) is 13.8 Å². The summed E-state index contributed by atoms with van der Waals surface area (Å²) in [4.78, 5) is 10.7. The lowest BCUT2D eigenvalue weighted by molar-refractivity contribution is 0.177. The average molecular weight is 248 g/mol. The first-order valence-corrected chi connectivity index (χ1v) is 5.74. The number of ether oxygens (including phenoxy) is 1. The Morgan fingerprint density at radius 1 is 1.44 bits per heavy atom. The molecule has 3 N–H and O–H groups in total. The van der Waals surface area contributed by atoms with Crippen molar-refractivity contribution in [3.05, 3.63) is 11.3 Å². The van der Waals surface area contributed by atoms with Gasteiger partial charge in [0.1, 0.15) is 0 Å². The number of amides is 1. The highest BCUT2D eigenvalue weighted by Gasteiger charge is 2.17. The maximum absolute atomic E-state index is 11.4. The topological polar surface area (TPSA) is 113 Å². The van der Waals surface area contributed by atoms with Crippen molar-refractivity contribution in [3.8, 4) is 0 Å². The third-order valence-corrected chi connectivity index (χ3v) is 2.78. The van der Waals surface area contributed by atoms with E-state index in [1.54, 1.807) is 18.6 Å². The van der Waals surface area contributed by atoms with E-state index < -0.39 is 16.3 Å². The summed E-state index contributed by atoms with van der Waals surface area (Å²) >= 11 is 0. The number of carbonyl (C=O) groups is 1. The molecule has 1 rings (SSSR count). The first-order chi connectivity index (χ1) is 7.35. The molecule has 0 spiro atoms. The van der Waals surface area contributed by atoms with Gasteiger partial charge in [0.25, 0.3) is 0 Å². The zero-order valence-electron chi connectivity index (χ0n) is 8.99. The molecule has 0 aromatic carbocycles. The molecular formula is C7H12N4O4S. The summed E-state index contributed by atoms with van der Waals surface area (Å²) in [5, 5.41) is 6.33. The molecule has 1 heterocycles. The summed E-state index contributed by atoms with van der Waals surface area (Å²) in [5.74, 6) is 0.133. The first-order valence-electron chi connectivity index (χ1n) is 4.26. The predicted molar refractivity (Wildman–Crippen MR) is 56.1 cm³/mol. The lowest BCUT2D eigenvalue weighted by Gasteiger charge is -2.06. The molecule has 16 heavy (non-hydrogen) atoms. The number of aromatic amines is 1. The highest BCUT2D eigenvalue weighted by Crippen LogP contribution is 2.14. The largest absolute Gasteiger partial charge is 0.452 e. The summed E-state index contributed by atoms with van der Waals surface area (Å²) in [7, 11) is -2.95. The Labute approximate surface area is 92.6 Å². The number of anilines is 1. The number of methoxy groups -OCH3 is 1. The van der Waals surface area contributed by atoms with E-state index in [1.807, 2.05) is 0 Å². The number of nitrogens with zero attached hydrogens (tertiary/aromatic N) is 1. The van der Waals surface area contributed by atoms with E-state index in [0.29, 0.717) is 5.56 Å². The van der Waals surface area contributed by atoms with Crippen molar-refractivity contribution in [2.24, 2.45) is 0 Å². The van der Waals surface area contributed by atoms with Crippen molar-refractivity contribution in [1.82, 2.24) is 14.9 Å². The van der Waals surface area contributed by atoms with Gasteiger partial charge in [-0.25, -0.2) is 14.2 Å². The maximum atomic E-state index is 11.4. The fourth-order valence-corrected chi connectivity index (χ4v) is 1.70. The number of rotatable bonds is 3. The van der Waals surface area contributed by atoms with Crippen LogP contribution in [0.5, 0.6) is 0 Å². The smallest absolute Gasteiger partial charge is 0.422 e. The number of aryl methyl sites for hydroxylation is 1. The SMILES string of the molecule is COC(=O)NS(=O)(=O)Nc1n[nH]c(C)c1C. The van der Waals surface area contributed by atoms with Crippen molar-refractivity contribution in [2.45, 2.75) is 13.8 Å². The monoisotopic (exact) mass is 248 g/mol. The molecule has 90 valence electrons. The lowest BCUT2D eigenvalue weighted by Crippen LogP contribution is -2.35. The molecule has 0 bridgehead atoms. The van der Waals surface area contributed by atoms with Gasteiger partial charge in [0.2, 0.25) is 0 Å². The molecule has 8 nitrogen and oxygen atoms in total. The molecule has 0 aliphatic rings. The van der Waals surface area contributed by atoms with E-state index in [-0.39, 0.29) is 5.82 Å². The highest BCUT2D eigenvalue weighted by molar-refractivity contribution is 7.91. The summed E-state index contributed by atoms with van der Waals surface area (Å²) in [6.07, 6.45) is -1.07. The van der Waals surface area contributed by atoms with Gasteiger partial charge in [0.05, 0.1) is 7.11 Å². The Morgan fingerprint density at radius 3 is 2.50 bits per heavy atom. The van der Waals surface area contributed by atoms with Crippen molar-refractivity contribution in [1.29, 1.82) is 0 Å². The van der Waals surface area contributed by atoms with Gasteiger partial charge in [-0.3, -0.25) is 5.10 Å². The van der Waals surface area contributed by atoms with E-state index in [1.165, 1.54) is 0 Å². The van der Waals surface area contributed by atoms with Gasteiger partial charge in [0, 0.05) is 11.3 Å². The van der Waals surface area contributed by atoms with Crippen LogP contribution in [0.25, 0.3) is 0 Å². The molecule has 1 aromatic heterocycles. The lowest BCUT2D eigenvalue weighted by atomic mass is 10.3. The van der Waals surface area contributed by atoms with E-state index in [2.05, 4.69) is 19.7 Å². The summed E-state index contributed by atoms with van der Waals surface area (Å²) in [6.45, 7) is 3.43. The molecule has 0 aliphatic carbocycles. The average Bonchev–Trinajstić information content (AvgIpc) is 2.48. The molecule has 0 saturated carbocycles. The van der Waals surface area contributed by atoms with E-state index >= 15 is 0 Å². The van der Waals surface area contributed by atoms with Crippen LogP contribution in [-0.2, 0) is 14.9 Å². The van der Waals surface area contributed by atoms with Gasteiger partial charge >= 0.3 is 16.3 Å². The van der Waals surface area contributed by atoms with Crippen molar-refractivity contribution in [3.63, 3.8) is 0 Å². The molecular weight excluding hydrogens is 236 g/mol. The Hall–Kier alpha value is -1.77. The fourth-order valence-electron chi connectivity index (χ4n) is 0.889. The van der Waals surface area contributed by atoms with Crippen molar-refractivity contribution < 1.29 is 17.9 Å². The van der Waals surface area contributed by atoms with Crippen LogP contribution in [0.1, 0.15) is 11.3 Å². The van der Waals surface area contributed by atoms with Gasteiger partial charge in [-0.2, -0.15) is 13.5 Å². The number of hydrogen-bond donors (Lipinski definition) is 3. The normalized spacial score (nSPS) is 10.9. The number of nitrogens with one attached hydrogen (secondary N) is 3. The molecule has 1 aromatic rings. The van der Waals surface area contributed by atoms with Gasteiger partial charge in [-0.1, -0.05) is 0 Å². The second kappa shape index (κ2) is 4.39. The number of aromatic nitrogens is 2. The highest BCUT2D eigenvalue weighted by atomic mass is 32.2. The second-order valence-corrected chi connectivity index (χ2v) is 4.44. The van der Waals surface area contributed by atoms with Gasteiger partial charge in [0.15, 0.2) is 5.82 Å². The minimum Gasteiger partial charge on any atom is -0.452 e. The Balaban J connectivity index is 2.81. The van der Waals surface area contributed by atoms with E-state index in [0.717, 1.165) is 12.8 Å². The van der Waals surface area contributed by atoms with Gasteiger partial charge < -0.3 is 4.74 Å². The quantitative estimate of drug-likeness (QED) is 0.699. The summed E-state index contributed by atoms with van der Waals surface area (Å²) in [5.41, 5.74) is 1.38. The molecule has 0 atom stereocenters. The Kier molecular flexibility index (Phi) is 3.38. The third-order valence-electron chi connectivity index (χ3n) is 1.89. The van der Waals surface area contributed by atoms with E-state index in [9.17, 15) is 13.2 Å². The molecule has 0 radical (unpaired) electrons. The molecule has 0 saturated heterocycles. The summed E-state index contributed by atoms with van der Waals surface area (Å²) < 4.78 is 30.6. The van der Waals surface area contributed by atoms with Crippen molar-refractivity contribution in [2.75, 3.05) is 11.8 Å². The van der Waals surface area contributed by atoms with Crippen LogP contribution in [0, 0.1) is 13.8 Å². The van der Waals surface area contributed by atoms with Crippen LogP contribution in [0.3, 0.4) is 0 Å². The van der Waals surface area contributed by atoms with Crippen LogP contribution >= 0.6 is 0 Å². The standard InChI is InChI=1S/C7H12N4O4S/c1-4-5(2)8-9-6(4)10-16(13,14)11-7(12)15-3/h1-3H3,(H,11,12)(H2,8,9,10). The molecule has 0 fully saturated rings. The van der Waals surface area contributed by atoms with Crippen LogP contribution in [0.15, 0.2) is 0 Å². The second-order valence-electron chi connectivity index (χ2n) is 3.02. The number of H-pyrrole nitrogens is 1. The number of hydrogen-bond acceptors (Lipinski definition) is 5. The minimum atomic E-state index is -4.01. The Bertz CT molecular complexity index is 492. The zero-order chi connectivity index (χ0) is 12.3. The first kappa shape index (κ1) is 12.3. The van der Waals surface area contributed by atoms with Crippen LogP contribution in [0.4, 0.5) is 10.6 Å². The maximum Gasteiger partial charge on any atom is 0.422 e. The fraction of sp³-hybridized carbons (Fsp3) is 0.429. The predicted octanol–water partition coefficient (Wildman–Crippen LogP) is 0.0392. The van der Waals surface area contributed by atoms with Crippen LogP contribution in [-0.4, -0.2) is 31.8 Å². The molecule has 0 unspecified atom stereocenters. The third kappa shape index (κ3) is 2.86. The number of carbonyl (C=O) groups excluding carboxylic acids is 1. The van der Waals surface area contributed by atoms with Crippen LogP contribution < -0.4 is 9.44 Å². The molecule has 9 heteroatoms. The van der Waals surface area contributed by atoms with E-state index in [4.69, 9.17) is 0 Å². The Morgan fingerprint density at radius 2 is 2.06 bits per heavy atom. The van der Waals surface area contributed by atoms with Crippen molar-refractivity contribution >= 4 is 22.1 Å². The molecule has 0 aliphatic heterocycles. The van der Waals surface area contributed by atoms with Gasteiger partial charge in [-0.15, -0.1) is 0 Å².